The maximum Gasteiger partial charge on any atom is 0.251 e. The second-order valence-electron chi connectivity index (χ2n) is 10.7. The molecule has 3 heterocycles. The summed E-state index contributed by atoms with van der Waals surface area (Å²) in [4.78, 5) is 19.1. The van der Waals surface area contributed by atoms with E-state index in [0.717, 1.165) is 43.6 Å². The molecule has 4 aromatic rings. The summed E-state index contributed by atoms with van der Waals surface area (Å²) in [5, 5.41) is 15.0. The number of nitrogens with two attached hydrogens (primary N) is 1. The fraction of sp³-hybridized carbons (Fsp3) is 0.367. The highest BCUT2D eigenvalue weighted by Crippen LogP contribution is 2.32. The number of ether oxygens (including phenoxy) is 1. The van der Waals surface area contributed by atoms with Crippen molar-refractivity contribution in [2.75, 3.05) is 32.0 Å². The minimum Gasteiger partial charge on any atom is -0.492 e. The molecule has 212 valence electrons. The smallest absolute Gasteiger partial charge is 0.251 e. The third kappa shape index (κ3) is 5.90. The SMILES string of the molecule is Cc1c(OCCN2CCCCC2)ccc(-n2nnnc2-c2cc(-c3ccc(C(=O)NC4CC4)cc3)cnc2N)c1F. The number of carbonyl (C=O) groups is 1. The molecule has 1 aliphatic carbocycles. The fourth-order valence-electron chi connectivity index (χ4n) is 5.08. The number of halogens is 1. The molecule has 6 rings (SSSR count). The number of nitrogens with zero attached hydrogens (tertiary/aromatic N) is 6. The maximum absolute atomic E-state index is 15.6. The molecule has 11 heteroatoms. The molecule has 2 aromatic heterocycles. The Kier molecular flexibility index (Phi) is 7.60. The van der Waals surface area contributed by atoms with E-state index in [1.54, 1.807) is 37.4 Å². The van der Waals surface area contributed by atoms with Gasteiger partial charge in [0.15, 0.2) is 11.6 Å². The van der Waals surface area contributed by atoms with Gasteiger partial charge < -0.3 is 15.8 Å². The average Bonchev–Trinajstić information content (AvgIpc) is 3.68. The van der Waals surface area contributed by atoms with Crippen molar-refractivity contribution in [1.29, 1.82) is 0 Å². The van der Waals surface area contributed by atoms with Crippen molar-refractivity contribution in [1.82, 2.24) is 35.4 Å². The summed E-state index contributed by atoms with van der Waals surface area (Å²) in [5.41, 5.74) is 9.46. The van der Waals surface area contributed by atoms with Gasteiger partial charge in [0.1, 0.15) is 23.9 Å². The lowest BCUT2D eigenvalue weighted by Crippen LogP contribution is -2.33. The first-order valence-electron chi connectivity index (χ1n) is 14.1. The predicted molar refractivity (Wildman–Crippen MR) is 153 cm³/mol. The Morgan fingerprint density at radius 2 is 1.88 bits per heavy atom. The van der Waals surface area contributed by atoms with Gasteiger partial charge in [-0.25, -0.2) is 9.37 Å². The quantitative estimate of drug-likeness (QED) is 0.315. The zero-order valence-corrected chi connectivity index (χ0v) is 23.0. The zero-order valence-electron chi connectivity index (χ0n) is 23.0. The van der Waals surface area contributed by atoms with E-state index in [-0.39, 0.29) is 23.2 Å². The Morgan fingerprint density at radius 3 is 2.63 bits per heavy atom. The Hall–Kier alpha value is -4.38. The molecule has 0 atom stereocenters. The largest absolute Gasteiger partial charge is 0.492 e. The molecule has 0 bridgehead atoms. The Balaban J connectivity index is 1.22. The number of hydrogen-bond acceptors (Lipinski definition) is 8. The molecule has 1 aliphatic heterocycles. The normalized spacial score (nSPS) is 15.6. The van der Waals surface area contributed by atoms with Gasteiger partial charge >= 0.3 is 0 Å². The van der Waals surface area contributed by atoms with Gasteiger partial charge in [-0.2, -0.15) is 4.68 Å². The van der Waals surface area contributed by atoms with Crippen LogP contribution in [-0.2, 0) is 0 Å². The van der Waals surface area contributed by atoms with E-state index in [1.807, 2.05) is 18.2 Å². The third-order valence-electron chi connectivity index (χ3n) is 7.68. The number of likely N-dealkylation sites (tertiary alicyclic amines) is 1. The van der Waals surface area contributed by atoms with E-state index in [0.29, 0.717) is 35.1 Å². The van der Waals surface area contributed by atoms with Crippen molar-refractivity contribution in [3.05, 3.63) is 65.6 Å². The summed E-state index contributed by atoms with van der Waals surface area (Å²) in [5.74, 6) is 0.409. The number of tetrazole rings is 1. The number of rotatable bonds is 9. The van der Waals surface area contributed by atoms with Gasteiger partial charge in [0.05, 0.1) is 5.56 Å². The molecule has 10 nitrogen and oxygen atoms in total. The first-order chi connectivity index (χ1) is 20.0. The highest BCUT2D eigenvalue weighted by atomic mass is 19.1. The van der Waals surface area contributed by atoms with Crippen LogP contribution in [0.4, 0.5) is 10.2 Å². The molecule has 1 saturated carbocycles. The number of carbonyl (C=O) groups excluding carboxylic acids is 1. The van der Waals surface area contributed by atoms with Crippen LogP contribution in [0.2, 0.25) is 0 Å². The lowest BCUT2D eigenvalue weighted by molar-refractivity contribution is 0.0951. The van der Waals surface area contributed by atoms with Gasteiger partial charge in [-0.05, 0) is 92.0 Å². The zero-order chi connectivity index (χ0) is 28.3. The van der Waals surface area contributed by atoms with Crippen LogP contribution in [0, 0.1) is 12.7 Å². The van der Waals surface area contributed by atoms with E-state index in [4.69, 9.17) is 10.5 Å². The van der Waals surface area contributed by atoms with Crippen molar-refractivity contribution in [2.45, 2.75) is 45.1 Å². The van der Waals surface area contributed by atoms with Crippen molar-refractivity contribution in [3.63, 3.8) is 0 Å². The van der Waals surface area contributed by atoms with Gasteiger partial charge in [0.2, 0.25) is 0 Å². The van der Waals surface area contributed by atoms with Crippen molar-refractivity contribution in [3.8, 4) is 34.0 Å². The van der Waals surface area contributed by atoms with Crippen LogP contribution in [0.15, 0.2) is 48.7 Å². The van der Waals surface area contributed by atoms with E-state index in [1.165, 1.54) is 23.9 Å². The third-order valence-corrected chi connectivity index (χ3v) is 7.68. The number of nitrogens with one attached hydrogen (secondary N) is 1. The van der Waals surface area contributed by atoms with Crippen molar-refractivity contribution < 1.29 is 13.9 Å². The molecule has 1 amide bonds. The molecule has 2 aliphatic rings. The van der Waals surface area contributed by atoms with Crippen LogP contribution in [0.25, 0.3) is 28.2 Å². The number of aromatic nitrogens is 5. The number of benzene rings is 2. The Morgan fingerprint density at radius 1 is 1.10 bits per heavy atom. The molecular weight excluding hydrogens is 523 g/mol. The summed E-state index contributed by atoms with van der Waals surface area (Å²) >= 11 is 0. The standard InChI is InChI=1S/C30H33FN8O2/c1-19-26(41-16-15-38-13-3-2-4-14-38)12-11-25(27(19)31)39-29(35-36-37-39)24-17-22(18-33-28(24)32)20-5-7-21(8-6-20)30(40)34-23-9-10-23/h5-8,11-12,17-18,23H,2-4,9-10,13-16H2,1H3,(H2,32,33)(H,34,40). The summed E-state index contributed by atoms with van der Waals surface area (Å²) in [7, 11) is 0. The molecule has 2 aromatic carbocycles. The van der Waals surface area contributed by atoms with Gasteiger partial charge in [-0.3, -0.25) is 9.69 Å². The van der Waals surface area contributed by atoms with Crippen LogP contribution in [0.5, 0.6) is 5.75 Å². The monoisotopic (exact) mass is 556 g/mol. The summed E-state index contributed by atoms with van der Waals surface area (Å²) in [6, 6.07) is 12.7. The predicted octanol–water partition coefficient (Wildman–Crippen LogP) is 4.18. The lowest BCUT2D eigenvalue weighted by Gasteiger charge is -2.26. The second kappa shape index (κ2) is 11.6. The summed E-state index contributed by atoms with van der Waals surface area (Å²) in [6.45, 7) is 5.17. The second-order valence-corrected chi connectivity index (χ2v) is 10.7. The van der Waals surface area contributed by atoms with Gasteiger partial charge in [-0.1, -0.05) is 18.6 Å². The van der Waals surface area contributed by atoms with Crippen LogP contribution in [0.1, 0.15) is 48.0 Å². The first kappa shape index (κ1) is 26.8. The number of pyridine rings is 1. The maximum atomic E-state index is 15.6. The van der Waals surface area contributed by atoms with Crippen molar-refractivity contribution >= 4 is 11.7 Å². The van der Waals surface area contributed by atoms with Crippen LogP contribution in [-0.4, -0.2) is 68.3 Å². The molecule has 0 unspecified atom stereocenters. The molecule has 41 heavy (non-hydrogen) atoms. The topological polar surface area (TPSA) is 124 Å². The molecule has 1 saturated heterocycles. The molecular formula is C30H33FN8O2. The average molecular weight is 557 g/mol. The molecule has 0 radical (unpaired) electrons. The molecule has 0 spiro atoms. The highest BCUT2D eigenvalue weighted by Gasteiger charge is 2.24. The molecule has 2 fully saturated rings. The lowest BCUT2D eigenvalue weighted by atomic mass is 10.0. The number of amides is 1. The van der Waals surface area contributed by atoms with Gasteiger partial charge in [0, 0.05) is 35.5 Å². The van der Waals surface area contributed by atoms with Crippen LogP contribution >= 0.6 is 0 Å². The van der Waals surface area contributed by atoms with Crippen LogP contribution < -0.4 is 15.8 Å². The number of piperidine rings is 1. The number of hydrogen-bond donors (Lipinski definition) is 2. The molecule has 3 N–H and O–H groups in total. The first-order valence-corrected chi connectivity index (χ1v) is 14.1. The van der Waals surface area contributed by atoms with E-state index in [2.05, 4.69) is 30.7 Å². The summed E-state index contributed by atoms with van der Waals surface area (Å²) < 4.78 is 22.9. The minimum atomic E-state index is -0.475. The minimum absolute atomic E-state index is 0.0786. The highest BCUT2D eigenvalue weighted by molar-refractivity contribution is 5.95. The van der Waals surface area contributed by atoms with Crippen LogP contribution in [0.3, 0.4) is 0 Å². The number of anilines is 1. The Bertz CT molecular complexity index is 1540. The van der Waals surface area contributed by atoms with Gasteiger partial charge in [0.25, 0.3) is 5.91 Å². The number of nitrogen functional groups attached to an aromatic ring is 1. The van der Waals surface area contributed by atoms with E-state index >= 15 is 4.39 Å². The van der Waals surface area contributed by atoms with Gasteiger partial charge in [-0.15, -0.1) is 5.10 Å². The summed E-state index contributed by atoms with van der Waals surface area (Å²) in [6.07, 6.45) is 7.41. The Labute approximate surface area is 237 Å². The van der Waals surface area contributed by atoms with E-state index in [9.17, 15) is 4.79 Å². The fourth-order valence-corrected chi connectivity index (χ4v) is 5.08. The van der Waals surface area contributed by atoms with E-state index < -0.39 is 5.82 Å². The van der Waals surface area contributed by atoms with Crippen molar-refractivity contribution in [2.24, 2.45) is 0 Å².